The number of nitrogens with zero attached hydrogens (tertiary/aromatic N) is 5. The molecule has 0 amide bonds. The van der Waals surface area contributed by atoms with Crippen molar-refractivity contribution in [2.24, 2.45) is 0 Å². The average molecular weight is 449 g/mol. The molecule has 0 bridgehead atoms. The van der Waals surface area contributed by atoms with Crippen LogP contribution in [-0.4, -0.2) is 86.5 Å². The maximum absolute atomic E-state index is 5.60. The van der Waals surface area contributed by atoms with Gasteiger partial charge in [0.15, 0.2) is 0 Å². The number of benzene rings is 1. The largest absolute Gasteiger partial charge is 0.378 e. The molecule has 0 saturated carbocycles. The van der Waals surface area contributed by atoms with E-state index in [0.29, 0.717) is 6.04 Å². The number of piperazine rings is 1. The van der Waals surface area contributed by atoms with Crippen LogP contribution in [-0.2, 0) is 4.74 Å². The van der Waals surface area contributed by atoms with E-state index < -0.39 is 0 Å². The number of aryl methyl sites for hydroxylation is 1. The first-order valence-electron chi connectivity index (χ1n) is 12.4. The number of aromatic nitrogens is 2. The minimum Gasteiger partial charge on any atom is -0.378 e. The lowest BCUT2D eigenvalue weighted by Crippen LogP contribution is -2.47. The molecule has 7 nitrogen and oxygen atoms in total. The molecule has 5 rings (SSSR count). The predicted octanol–water partition coefficient (Wildman–Crippen LogP) is 2.81. The maximum atomic E-state index is 5.60. The number of morpholine rings is 1. The molecule has 0 aliphatic carbocycles. The van der Waals surface area contributed by atoms with Crippen LogP contribution in [0.3, 0.4) is 0 Å². The van der Waals surface area contributed by atoms with Gasteiger partial charge in [0.2, 0.25) is 5.95 Å². The Kier molecular flexibility index (Phi) is 6.90. The zero-order valence-electron chi connectivity index (χ0n) is 20.0. The third-order valence-electron chi connectivity index (χ3n) is 6.93. The molecule has 33 heavy (non-hydrogen) atoms. The Morgan fingerprint density at radius 2 is 1.88 bits per heavy atom. The fraction of sp³-hybridized carbons (Fsp3) is 0.538. The summed E-state index contributed by atoms with van der Waals surface area (Å²) in [6, 6.07) is 9.07. The minimum atomic E-state index is 0.392. The molecule has 3 aliphatic rings. The Morgan fingerprint density at radius 3 is 2.67 bits per heavy atom. The molecule has 2 saturated heterocycles. The molecular weight excluding hydrogens is 412 g/mol. The summed E-state index contributed by atoms with van der Waals surface area (Å²) in [5, 5.41) is 3.46. The smallest absolute Gasteiger partial charge is 0.228 e. The molecule has 2 aromatic rings. The Hall–Kier alpha value is -2.48. The van der Waals surface area contributed by atoms with Gasteiger partial charge in [0.05, 0.1) is 18.9 Å². The van der Waals surface area contributed by atoms with Gasteiger partial charge in [-0.3, -0.25) is 4.90 Å². The summed E-state index contributed by atoms with van der Waals surface area (Å²) in [7, 11) is 0. The van der Waals surface area contributed by atoms with Crippen LogP contribution < -0.4 is 15.1 Å². The predicted molar refractivity (Wildman–Crippen MR) is 135 cm³/mol. The number of hydrogen-bond donors (Lipinski definition) is 1. The highest BCUT2D eigenvalue weighted by molar-refractivity contribution is 5.81. The van der Waals surface area contributed by atoms with E-state index in [2.05, 4.69) is 70.3 Å². The highest BCUT2D eigenvalue weighted by Crippen LogP contribution is 2.35. The first-order valence-corrected chi connectivity index (χ1v) is 12.4. The van der Waals surface area contributed by atoms with Crippen molar-refractivity contribution < 1.29 is 4.74 Å². The van der Waals surface area contributed by atoms with Crippen LogP contribution in [0.25, 0.3) is 17.3 Å². The summed E-state index contributed by atoms with van der Waals surface area (Å²) in [6.07, 6.45) is 5.56. The lowest BCUT2D eigenvalue weighted by Gasteiger charge is -2.35. The summed E-state index contributed by atoms with van der Waals surface area (Å²) >= 11 is 0. The standard InChI is InChI=1S/C26H36N6O/c1-20-5-3-7-22(19-20)24-23-8-4-6-21(2)32(14-13-30-11-9-27-10-12-30)25(23)29-26(28-24)31-15-17-33-18-16-31/h3-5,7-8,19,21,27H,6,9-18H2,1-2H3. The van der Waals surface area contributed by atoms with Crippen LogP contribution in [0.15, 0.2) is 30.3 Å². The van der Waals surface area contributed by atoms with E-state index in [1.165, 1.54) is 5.56 Å². The Balaban J connectivity index is 1.56. The fourth-order valence-electron chi connectivity index (χ4n) is 4.96. The van der Waals surface area contributed by atoms with Crippen molar-refractivity contribution in [2.75, 3.05) is 75.4 Å². The summed E-state index contributed by atoms with van der Waals surface area (Å²) in [4.78, 5) is 17.7. The van der Waals surface area contributed by atoms with Crippen LogP contribution in [0.2, 0.25) is 0 Å². The monoisotopic (exact) mass is 448 g/mol. The van der Waals surface area contributed by atoms with Crippen molar-refractivity contribution in [3.63, 3.8) is 0 Å². The third-order valence-corrected chi connectivity index (χ3v) is 6.93. The molecule has 1 aromatic heterocycles. The number of anilines is 2. The van der Waals surface area contributed by atoms with Crippen molar-refractivity contribution in [3.05, 3.63) is 41.5 Å². The van der Waals surface area contributed by atoms with Crippen molar-refractivity contribution in [1.82, 2.24) is 20.2 Å². The van der Waals surface area contributed by atoms with Gasteiger partial charge in [-0.05, 0) is 26.3 Å². The number of fused-ring (bicyclic) bond motifs is 1. The second-order valence-electron chi connectivity index (χ2n) is 9.35. The summed E-state index contributed by atoms with van der Waals surface area (Å²) in [6.45, 7) is 14.0. The van der Waals surface area contributed by atoms with Crippen molar-refractivity contribution in [1.29, 1.82) is 0 Å². The van der Waals surface area contributed by atoms with E-state index in [-0.39, 0.29) is 0 Å². The molecule has 1 atom stereocenters. The second-order valence-corrected chi connectivity index (χ2v) is 9.35. The van der Waals surface area contributed by atoms with Crippen LogP contribution in [0.5, 0.6) is 0 Å². The summed E-state index contributed by atoms with van der Waals surface area (Å²) < 4.78 is 5.60. The van der Waals surface area contributed by atoms with E-state index in [1.807, 2.05) is 0 Å². The highest BCUT2D eigenvalue weighted by atomic mass is 16.5. The van der Waals surface area contributed by atoms with E-state index >= 15 is 0 Å². The lowest BCUT2D eigenvalue weighted by atomic mass is 10.0. The molecule has 1 aromatic carbocycles. The van der Waals surface area contributed by atoms with Gasteiger partial charge in [-0.1, -0.05) is 35.9 Å². The van der Waals surface area contributed by atoms with Crippen molar-refractivity contribution in [2.45, 2.75) is 26.3 Å². The fourth-order valence-corrected chi connectivity index (χ4v) is 4.96. The average Bonchev–Trinajstić information content (AvgIpc) is 3.01. The van der Waals surface area contributed by atoms with Crippen LogP contribution in [0, 0.1) is 6.92 Å². The SMILES string of the molecule is Cc1cccc(-c2nc(N3CCOCC3)nc3c2C=CCC(C)N3CCN2CCNCC2)c1. The van der Waals surface area contributed by atoms with E-state index in [1.54, 1.807) is 0 Å². The molecule has 7 heteroatoms. The van der Waals surface area contributed by atoms with Crippen molar-refractivity contribution >= 4 is 17.8 Å². The highest BCUT2D eigenvalue weighted by Gasteiger charge is 2.27. The Bertz CT molecular complexity index is 981. The summed E-state index contributed by atoms with van der Waals surface area (Å²) in [5.74, 6) is 1.89. The van der Waals surface area contributed by atoms with Gasteiger partial charge in [0, 0.05) is 69.5 Å². The van der Waals surface area contributed by atoms with Crippen LogP contribution in [0.1, 0.15) is 24.5 Å². The normalized spacial score (nSPS) is 21.7. The third kappa shape index (κ3) is 5.05. The minimum absolute atomic E-state index is 0.392. The van der Waals surface area contributed by atoms with Gasteiger partial charge in [-0.15, -0.1) is 0 Å². The molecular formula is C26H36N6O. The molecule has 1 N–H and O–H groups in total. The first-order chi connectivity index (χ1) is 16.2. The molecule has 2 fully saturated rings. The first kappa shape index (κ1) is 22.3. The van der Waals surface area contributed by atoms with E-state index in [9.17, 15) is 0 Å². The quantitative estimate of drug-likeness (QED) is 0.755. The number of rotatable bonds is 5. The molecule has 4 heterocycles. The van der Waals surface area contributed by atoms with E-state index in [4.69, 9.17) is 14.7 Å². The van der Waals surface area contributed by atoms with Crippen LogP contribution >= 0.6 is 0 Å². The molecule has 3 aliphatic heterocycles. The lowest BCUT2D eigenvalue weighted by molar-refractivity contribution is 0.122. The molecule has 176 valence electrons. The van der Waals surface area contributed by atoms with Gasteiger partial charge in [0.25, 0.3) is 0 Å². The van der Waals surface area contributed by atoms with Gasteiger partial charge in [0.1, 0.15) is 5.82 Å². The van der Waals surface area contributed by atoms with Gasteiger partial charge in [-0.25, -0.2) is 4.98 Å². The zero-order valence-corrected chi connectivity index (χ0v) is 20.0. The summed E-state index contributed by atoms with van der Waals surface area (Å²) in [5.41, 5.74) is 4.57. The topological polar surface area (TPSA) is 56.8 Å². The van der Waals surface area contributed by atoms with Gasteiger partial charge >= 0.3 is 0 Å². The molecule has 0 spiro atoms. The van der Waals surface area contributed by atoms with Crippen molar-refractivity contribution in [3.8, 4) is 11.3 Å². The zero-order chi connectivity index (χ0) is 22.6. The number of ether oxygens (including phenoxy) is 1. The Labute approximate surface area is 197 Å². The molecule has 1 unspecified atom stereocenters. The van der Waals surface area contributed by atoms with Gasteiger partial charge in [-0.2, -0.15) is 4.98 Å². The number of hydrogen-bond acceptors (Lipinski definition) is 7. The van der Waals surface area contributed by atoms with Crippen LogP contribution in [0.4, 0.5) is 11.8 Å². The second kappa shape index (κ2) is 10.2. The number of nitrogens with one attached hydrogen (secondary N) is 1. The molecule has 0 radical (unpaired) electrons. The Morgan fingerprint density at radius 1 is 1.06 bits per heavy atom. The van der Waals surface area contributed by atoms with E-state index in [0.717, 1.165) is 101 Å². The van der Waals surface area contributed by atoms with Gasteiger partial charge < -0.3 is 19.9 Å². The maximum Gasteiger partial charge on any atom is 0.228 e.